The van der Waals surface area contributed by atoms with E-state index >= 15 is 0 Å². The molecule has 0 saturated heterocycles. The van der Waals surface area contributed by atoms with Gasteiger partial charge in [0.15, 0.2) is 5.78 Å². The molecule has 18 heavy (non-hydrogen) atoms. The first-order chi connectivity index (χ1) is 8.67. The molecule has 0 unspecified atom stereocenters. The minimum atomic E-state index is -0.334. The monoisotopic (exact) mass is 250 g/mol. The van der Waals surface area contributed by atoms with E-state index in [4.69, 9.17) is 9.47 Å². The zero-order valence-corrected chi connectivity index (χ0v) is 10.8. The lowest BCUT2D eigenvalue weighted by atomic mass is 10.0. The SMILES string of the molecule is CCOC(=O)CCC(=O)c1cccc(COC)c1. The predicted molar refractivity (Wildman–Crippen MR) is 67.4 cm³/mol. The van der Waals surface area contributed by atoms with Crippen molar-refractivity contribution >= 4 is 11.8 Å². The fourth-order valence-electron chi connectivity index (χ4n) is 1.59. The van der Waals surface area contributed by atoms with Gasteiger partial charge < -0.3 is 9.47 Å². The first kappa shape index (κ1) is 14.4. The Morgan fingerprint density at radius 1 is 1.22 bits per heavy atom. The molecule has 98 valence electrons. The largest absolute Gasteiger partial charge is 0.466 e. The summed E-state index contributed by atoms with van der Waals surface area (Å²) in [6, 6.07) is 7.24. The third-order valence-electron chi connectivity index (χ3n) is 2.42. The van der Waals surface area contributed by atoms with E-state index in [9.17, 15) is 9.59 Å². The molecular formula is C14H18O4. The van der Waals surface area contributed by atoms with Gasteiger partial charge in [-0.05, 0) is 18.6 Å². The molecule has 1 rings (SSSR count). The highest BCUT2D eigenvalue weighted by Gasteiger charge is 2.10. The van der Waals surface area contributed by atoms with Crippen LogP contribution in [0, 0.1) is 0 Å². The second kappa shape index (κ2) is 7.61. The van der Waals surface area contributed by atoms with E-state index in [-0.39, 0.29) is 24.6 Å². The number of rotatable bonds is 7. The normalized spacial score (nSPS) is 10.1. The predicted octanol–water partition coefficient (Wildman–Crippen LogP) is 2.36. The van der Waals surface area contributed by atoms with Crippen LogP contribution in [0.15, 0.2) is 24.3 Å². The van der Waals surface area contributed by atoms with E-state index in [0.717, 1.165) is 5.56 Å². The van der Waals surface area contributed by atoms with Crippen molar-refractivity contribution in [2.24, 2.45) is 0 Å². The van der Waals surface area contributed by atoms with E-state index in [1.54, 1.807) is 26.2 Å². The van der Waals surface area contributed by atoms with Gasteiger partial charge in [0.1, 0.15) is 0 Å². The van der Waals surface area contributed by atoms with Crippen molar-refractivity contribution in [2.75, 3.05) is 13.7 Å². The van der Waals surface area contributed by atoms with E-state index in [1.165, 1.54) is 0 Å². The summed E-state index contributed by atoms with van der Waals surface area (Å²) < 4.78 is 9.79. The molecule has 0 spiro atoms. The highest BCUT2D eigenvalue weighted by atomic mass is 16.5. The Labute approximate surface area is 107 Å². The number of carbonyl (C=O) groups is 2. The summed E-state index contributed by atoms with van der Waals surface area (Å²) in [5, 5.41) is 0. The molecule has 0 heterocycles. The molecule has 0 amide bonds. The fraction of sp³-hybridized carbons (Fsp3) is 0.429. The molecule has 0 atom stereocenters. The van der Waals surface area contributed by atoms with Gasteiger partial charge in [-0.1, -0.05) is 18.2 Å². The zero-order valence-electron chi connectivity index (χ0n) is 10.8. The van der Waals surface area contributed by atoms with Gasteiger partial charge in [-0.25, -0.2) is 0 Å². The van der Waals surface area contributed by atoms with Crippen LogP contribution in [0.2, 0.25) is 0 Å². The fourth-order valence-corrected chi connectivity index (χ4v) is 1.59. The van der Waals surface area contributed by atoms with Crippen LogP contribution < -0.4 is 0 Å². The molecule has 4 heteroatoms. The summed E-state index contributed by atoms with van der Waals surface area (Å²) in [7, 11) is 1.61. The molecule has 1 aromatic rings. The van der Waals surface area contributed by atoms with Gasteiger partial charge in [0, 0.05) is 19.1 Å². The Morgan fingerprint density at radius 3 is 2.67 bits per heavy atom. The van der Waals surface area contributed by atoms with E-state index in [1.807, 2.05) is 12.1 Å². The van der Waals surface area contributed by atoms with Crippen LogP contribution in [-0.2, 0) is 20.9 Å². The van der Waals surface area contributed by atoms with Gasteiger partial charge in [-0.2, -0.15) is 0 Å². The molecule has 0 bridgehead atoms. The number of ketones is 1. The Balaban J connectivity index is 2.55. The van der Waals surface area contributed by atoms with Crippen LogP contribution in [0.1, 0.15) is 35.7 Å². The minimum absolute atomic E-state index is 0.0546. The lowest BCUT2D eigenvalue weighted by molar-refractivity contribution is -0.143. The van der Waals surface area contributed by atoms with E-state index in [0.29, 0.717) is 18.8 Å². The quantitative estimate of drug-likeness (QED) is 0.550. The van der Waals surface area contributed by atoms with Crippen LogP contribution in [0.3, 0.4) is 0 Å². The number of carbonyl (C=O) groups excluding carboxylic acids is 2. The summed E-state index contributed by atoms with van der Waals surface area (Å²) in [5.41, 5.74) is 1.55. The minimum Gasteiger partial charge on any atom is -0.466 e. The molecule has 0 fully saturated rings. The second-order valence-electron chi connectivity index (χ2n) is 3.86. The molecule has 1 aromatic carbocycles. The van der Waals surface area contributed by atoms with Gasteiger partial charge in [0.05, 0.1) is 19.6 Å². The molecule has 0 radical (unpaired) electrons. The number of hydrogen-bond acceptors (Lipinski definition) is 4. The highest BCUT2D eigenvalue weighted by molar-refractivity contribution is 5.97. The van der Waals surface area contributed by atoms with Gasteiger partial charge in [0.25, 0.3) is 0 Å². The van der Waals surface area contributed by atoms with Crippen molar-refractivity contribution in [1.29, 1.82) is 0 Å². The average Bonchev–Trinajstić information content (AvgIpc) is 2.37. The number of methoxy groups -OCH3 is 1. The maximum Gasteiger partial charge on any atom is 0.306 e. The molecular weight excluding hydrogens is 232 g/mol. The van der Waals surface area contributed by atoms with Crippen molar-refractivity contribution in [3.8, 4) is 0 Å². The first-order valence-electron chi connectivity index (χ1n) is 5.94. The van der Waals surface area contributed by atoms with Gasteiger partial charge in [0.2, 0.25) is 0 Å². The number of esters is 1. The third-order valence-corrected chi connectivity index (χ3v) is 2.42. The number of hydrogen-bond donors (Lipinski definition) is 0. The number of benzene rings is 1. The summed E-state index contributed by atoms with van der Waals surface area (Å²) in [5.74, 6) is -0.389. The van der Waals surface area contributed by atoms with Gasteiger partial charge >= 0.3 is 5.97 Å². The van der Waals surface area contributed by atoms with E-state index in [2.05, 4.69) is 0 Å². The first-order valence-corrected chi connectivity index (χ1v) is 5.94. The summed E-state index contributed by atoms with van der Waals surface area (Å²) in [6.45, 7) is 2.56. The number of ether oxygens (including phenoxy) is 2. The van der Waals surface area contributed by atoms with Crippen molar-refractivity contribution in [3.05, 3.63) is 35.4 Å². The van der Waals surface area contributed by atoms with Crippen LogP contribution in [-0.4, -0.2) is 25.5 Å². The van der Waals surface area contributed by atoms with Crippen molar-refractivity contribution in [3.63, 3.8) is 0 Å². The molecule has 0 aliphatic heterocycles. The molecule has 0 saturated carbocycles. The van der Waals surface area contributed by atoms with Crippen molar-refractivity contribution < 1.29 is 19.1 Å². The summed E-state index contributed by atoms with van der Waals surface area (Å²) >= 11 is 0. The average molecular weight is 250 g/mol. The lowest BCUT2D eigenvalue weighted by Gasteiger charge is -2.04. The maximum atomic E-state index is 11.9. The highest BCUT2D eigenvalue weighted by Crippen LogP contribution is 2.10. The molecule has 0 aliphatic rings. The van der Waals surface area contributed by atoms with Crippen LogP contribution in [0.25, 0.3) is 0 Å². The standard InChI is InChI=1S/C14H18O4/c1-3-18-14(16)8-7-13(15)12-6-4-5-11(9-12)10-17-2/h4-6,9H,3,7-8,10H2,1-2H3. The van der Waals surface area contributed by atoms with Crippen LogP contribution >= 0.6 is 0 Å². The van der Waals surface area contributed by atoms with Crippen LogP contribution in [0.5, 0.6) is 0 Å². The lowest BCUT2D eigenvalue weighted by Crippen LogP contribution is -2.08. The molecule has 0 aliphatic carbocycles. The summed E-state index contributed by atoms with van der Waals surface area (Å²) in [6.07, 6.45) is 0.302. The van der Waals surface area contributed by atoms with E-state index < -0.39 is 0 Å². The van der Waals surface area contributed by atoms with Crippen molar-refractivity contribution in [1.82, 2.24) is 0 Å². The Hall–Kier alpha value is -1.68. The zero-order chi connectivity index (χ0) is 13.4. The third kappa shape index (κ3) is 4.67. The van der Waals surface area contributed by atoms with Crippen molar-refractivity contribution in [2.45, 2.75) is 26.4 Å². The Kier molecular flexibility index (Phi) is 6.08. The Bertz CT molecular complexity index is 412. The van der Waals surface area contributed by atoms with Gasteiger partial charge in [-0.15, -0.1) is 0 Å². The number of Topliss-reactive ketones (excluding diaryl/α,β-unsaturated/α-hetero) is 1. The molecule has 0 N–H and O–H groups in total. The van der Waals surface area contributed by atoms with Gasteiger partial charge in [-0.3, -0.25) is 9.59 Å². The second-order valence-corrected chi connectivity index (χ2v) is 3.86. The Morgan fingerprint density at radius 2 is 2.00 bits per heavy atom. The topological polar surface area (TPSA) is 52.6 Å². The summed E-state index contributed by atoms with van der Waals surface area (Å²) in [4.78, 5) is 23.0. The smallest absolute Gasteiger partial charge is 0.306 e. The maximum absolute atomic E-state index is 11.9. The van der Waals surface area contributed by atoms with Crippen LogP contribution in [0.4, 0.5) is 0 Å². The molecule has 4 nitrogen and oxygen atoms in total. The molecule has 0 aromatic heterocycles.